The number of carbonyl (C=O) groups excluding carboxylic acids is 2. The summed E-state index contributed by atoms with van der Waals surface area (Å²) >= 11 is 0. The highest BCUT2D eigenvalue weighted by Gasteiger charge is 2.08. The molecular formula is C19H24N4O2. The summed E-state index contributed by atoms with van der Waals surface area (Å²) in [5.41, 5.74) is 8.02. The maximum Gasteiger partial charge on any atom is 0.316 e. The molecule has 0 saturated carbocycles. The van der Waals surface area contributed by atoms with Gasteiger partial charge in [0.05, 0.1) is 0 Å². The second-order valence-electron chi connectivity index (χ2n) is 5.68. The van der Waals surface area contributed by atoms with E-state index in [1.807, 2.05) is 18.2 Å². The van der Waals surface area contributed by atoms with Gasteiger partial charge in [0.15, 0.2) is 0 Å². The Morgan fingerprint density at radius 3 is 2.24 bits per heavy atom. The van der Waals surface area contributed by atoms with Crippen molar-refractivity contribution in [2.45, 2.75) is 20.4 Å². The van der Waals surface area contributed by atoms with Crippen molar-refractivity contribution in [2.24, 2.45) is 5.73 Å². The van der Waals surface area contributed by atoms with Crippen LogP contribution in [0.1, 0.15) is 29.8 Å². The predicted molar refractivity (Wildman–Crippen MR) is 101 cm³/mol. The van der Waals surface area contributed by atoms with Crippen LogP contribution in [-0.4, -0.2) is 29.9 Å². The molecule has 4 N–H and O–H groups in total. The van der Waals surface area contributed by atoms with E-state index in [0.717, 1.165) is 30.9 Å². The topological polar surface area (TPSA) is 87.5 Å². The lowest BCUT2D eigenvalue weighted by Gasteiger charge is -2.18. The van der Waals surface area contributed by atoms with Gasteiger partial charge < -0.3 is 16.4 Å². The van der Waals surface area contributed by atoms with Crippen molar-refractivity contribution in [2.75, 3.05) is 23.7 Å². The summed E-state index contributed by atoms with van der Waals surface area (Å²) in [7, 11) is 0. The number of carbonyl (C=O) groups is 2. The molecule has 132 valence electrons. The largest absolute Gasteiger partial charge is 0.351 e. The van der Waals surface area contributed by atoms with Crippen molar-refractivity contribution in [1.82, 2.24) is 4.90 Å². The van der Waals surface area contributed by atoms with Gasteiger partial charge >= 0.3 is 6.03 Å². The molecule has 6 nitrogen and oxygen atoms in total. The average molecular weight is 340 g/mol. The summed E-state index contributed by atoms with van der Waals surface area (Å²) in [5.74, 6) is -0.203. The Balaban J connectivity index is 2.03. The van der Waals surface area contributed by atoms with E-state index in [0.29, 0.717) is 11.3 Å². The molecule has 0 aliphatic carbocycles. The summed E-state index contributed by atoms with van der Waals surface area (Å²) in [4.78, 5) is 25.5. The molecule has 3 amide bonds. The minimum absolute atomic E-state index is 0.203. The number of amides is 3. The van der Waals surface area contributed by atoms with Gasteiger partial charge in [0.2, 0.25) is 0 Å². The van der Waals surface area contributed by atoms with E-state index in [-0.39, 0.29) is 5.91 Å². The number of anilines is 2. The normalized spacial score (nSPS) is 10.5. The van der Waals surface area contributed by atoms with Crippen LogP contribution < -0.4 is 16.4 Å². The number of benzene rings is 2. The third kappa shape index (κ3) is 5.61. The van der Waals surface area contributed by atoms with Crippen LogP contribution >= 0.6 is 0 Å². The highest BCUT2D eigenvalue weighted by Crippen LogP contribution is 2.15. The van der Waals surface area contributed by atoms with Crippen molar-refractivity contribution in [3.63, 3.8) is 0 Å². The number of nitrogens with zero attached hydrogens (tertiary/aromatic N) is 1. The molecule has 0 spiro atoms. The first-order valence-electron chi connectivity index (χ1n) is 8.31. The maximum atomic E-state index is 12.4. The first-order valence-corrected chi connectivity index (χ1v) is 8.31. The van der Waals surface area contributed by atoms with Crippen LogP contribution in [-0.2, 0) is 6.54 Å². The third-order valence-corrected chi connectivity index (χ3v) is 3.90. The first kappa shape index (κ1) is 18.5. The summed E-state index contributed by atoms with van der Waals surface area (Å²) in [6, 6.07) is 13.8. The minimum atomic E-state index is -0.637. The third-order valence-electron chi connectivity index (χ3n) is 3.90. The number of rotatable bonds is 7. The van der Waals surface area contributed by atoms with Gasteiger partial charge in [-0.3, -0.25) is 9.69 Å². The highest BCUT2D eigenvalue weighted by atomic mass is 16.2. The first-order chi connectivity index (χ1) is 12.0. The molecule has 0 aromatic heterocycles. The van der Waals surface area contributed by atoms with Gasteiger partial charge in [0.25, 0.3) is 5.91 Å². The lowest BCUT2D eigenvalue weighted by atomic mass is 10.1. The summed E-state index contributed by atoms with van der Waals surface area (Å²) in [6.45, 7) is 7.08. The Hall–Kier alpha value is -2.86. The zero-order chi connectivity index (χ0) is 18.2. The van der Waals surface area contributed by atoms with E-state index in [4.69, 9.17) is 5.73 Å². The molecule has 0 fully saturated rings. The van der Waals surface area contributed by atoms with Gasteiger partial charge in [-0.15, -0.1) is 0 Å². The number of nitrogens with two attached hydrogens (primary N) is 1. The van der Waals surface area contributed by atoms with Gasteiger partial charge in [-0.1, -0.05) is 26.0 Å². The van der Waals surface area contributed by atoms with E-state index >= 15 is 0 Å². The Kier molecular flexibility index (Phi) is 6.54. The standard InChI is InChI=1S/C19H24N4O2/c1-3-23(4-2)13-14-6-5-7-17(12-14)21-18(24)15-8-10-16(11-9-15)22-19(20)25/h5-12H,3-4,13H2,1-2H3,(H,21,24)(H3,20,22,25). The number of nitrogens with one attached hydrogen (secondary N) is 2. The van der Waals surface area contributed by atoms with E-state index in [1.165, 1.54) is 0 Å². The molecule has 0 atom stereocenters. The molecule has 0 saturated heterocycles. The molecular weight excluding hydrogens is 316 g/mol. The zero-order valence-electron chi connectivity index (χ0n) is 14.6. The van der Waals surface area contributed by atoms with Gasteiger partial charge in [-0.2, -0.15) is 0 Å². The fourth-order valence-corrected chi connectivity index (χ4v) is 2.50. The van der Waals surface area contributed by atoms with Crippen LogP contribution in [0.15, 0.2) is 48.5 Å². The lowest BCUT2D eigenvalue weighted by molar-refractivity contribution is 0.102. The van der Waals surface area contributed by atoms with E-state index in [1.54, 1.807) is 24.3 Å². The average Bonchev–Trinajstić information content (AvgIpc) is 2.60. The molecule has 6 heteroatoms. The van der Waals surface area contributed by atoms with Crippen molar-refractivity contribution < 1.29 is 9.59 Å². The Labute approximate surface area is 148 Å². The molecule has 0 aliphatic heterocycles. The van der Waals surface area contributed by atoms with Gasteiger partial charge in [0.1, 0.15) is 0 Å². The molecule has 0 heterocycles. The van der Waals surface area contributed by atoms with Crippen molar-refractivity contribution in [3.8, 4) is 0 Å². The van der Waals surface area contributed by atoms with Crippen LogP contribution in [0.5, 0.6) is 0 Å². The molecule has 0 bridgehead atoms. The molecule has 0 aliphatic rings. The number of hydrogen-bond acceptors (Lipinski definition) is 3. The number of urea groups is 1. The maximum absolute atomic E-state index is 12.4. The highest BCUT2D eigenvalue weighted by molar-refractivity contribution is 6.04. The van der Waals surface area contributed by atoms with Crippen LogP contribution in [0.3, 0.4) is 0 Å². The second-order valence-corrected chi connectivity index (χ2v) is 5.68. The Morgan fingerprint density at radius 1 is 0.960 bits per heavy atom. The number of primary amides is 1. The van der Waals surface area contributed by atoms with E-state index < -0.39 is 6.03 Å². The smallest absolute Gasteiger partial charge is 0.316 e. The van der Waals surface area contributed by atoms with Crippen LogP contribution in [0.4, 0.5) is 16.2 Å². The van der Waals surface area contributed by atoms with Crippen molar-refractivity contribution in [1.29, 1.82) is 0 Å². The molecule has 2 aromatic carbocycles. The summed E-state index contributed by atoms with van der Waals surface area (Å²) in [6.07, 6.45) is 0. The fraction of sp³-hybridized carbons (Fsp3) is 0.263. The monoisotopic (exact) mass is 340 g/mol. The van der Waals surface area contributed by atoms with Crippen molar-refractivity contribution >= 4 is 23.3 Å². The summed E-state index contributed by atoms with van der Waals surface area (Å²) < 4.78 is 0. The molecule has 0 radical (unpaired) electrons. The van der Waals surface area contributed by atoms with Crippen molar-refractivity contribution in [3.05, 3.63) is 59.7 Å². The number of hydrogen-bond donors (Lipinski definition) is 3. The molecule has 2 rings (SSSR count). The van der Waals surface area contributed by atoms with Gasteiger partial charge in [0, 0.05) is 23.5 Å². The quantitative estimate of drug-likeness (QED) is 0.723. The Morgan fingerprint density at radius 2 is 1.64 bits per heavy atom. The summed E-state index contributed by atoms with van der Waals surface area (Å²) in [5, 5.41) is 5.36. The van der Waals surface area contributed by atoms with Crippen LogP contribution in [0, 0.1) is 0 Å². The van der Waals surface area contributed by atoms with Gasteiger partial charge in [-0.05, 0) is 55.1 Å². The van der Waals surface area contributed by atoms with Gasteiger partial charge in [-0.25, -0.2) is 4.79 Å². The zero-order valence-corrected chi connectivity index (χ0v) is 14.6. The SMILES string of the molecule is CCN(CC)Cc1cccc(NC(=O)c2ccc(NC(N)=O)cc2)c1. The second kappa shape index (κ2) is 8.84. The predicted octanol–water partition coefficient (Wildman–Crippen LogP) is 3.27. The fourth-order valence-electron chi connectivity index (χ4n) is 2.50. The van der Waals surface area contributed by atoms with Crippen LogP contribution in [0.2, 0.25) is 0 Å². The van der Waals surface area contributed by atoms with E-state index in [9.17, 15) is 9.59 Å². The van der Waals surface area contributed by atoms with E-state index in [2.05, 4.69) is 35.4 Å². The minimum Gasteiger partial charge on any atom is -0.351 e. The molecule has 0 unspecified atom stereocenters. The van der Waals surface area contributed by atoms with Crippen LogP contribution in [0.25, 0.3) is 0 Å². The molecule has 25 heavy (non-hydrogen) atoms. The molecule has 2 aromatic rings. The Bertz CT molecular complexity index is 724. The lowest BCUT2D eigenvalue weighted by Crippen LogP contribution is -2.22.